The van der Waals surface area contributed by atoms with Gasteiger partial charge >= 0.3 is 0 Å². The van der Waals surface area contributed by atoms with Gasteiger partial charge in [0.1, 0.15) is 5.75 Å². The van der Waals surface area contributed by atoms with Gasteiger partial charge in [-0.2, -0.15) is 4.98 Å². The van der Waals surface area contributed by atoms with Crippen molar-refractivity contribution in [2.75, 3.05) is 5.73 Å². The highest BCUT2D eigenvalue weighted by molar-refractivity contribution is 5.34. The Morgan fingerprint density at radius 1 is 1.16 bits per heavy atom. The van der Waals surface area contributed by atoms with Crippen molar-refractivity contribution >= 4 is 5.95 Å². The third-order valence-electron chi connectivity index (χ3n) is 3.39. The molecule has 0 fully saturated rings. The first-order chi connectivity index (χ1) is 9.01. The van der Waals surface area contributed by atoms with E-state index in [0.29, 0.717) is 5.88 Å². The van der Waals surface area contributed by atoms with Crippen LogP contribution >= 0.6 is 0 Å². The molecule has 19 heavy (non-hydrogen) atoms. The van der Waals surface area contributed by atoms with Gasteiger partial charge in [0.25, 0.3) is 0 Å². The molecule has 0 spiro atoms. The molecule has 0 amide bonds. The number of nitrogens with two attached hydrogens (primary N) is 1. The summed E-state index contributed by atoms with van der Waals surface area (Å²) < 4.78 is 5.63. The number of nitrogens with zero attached hydrogens (tertiary/aromatic N) is 2. The molecule has 0 atom stereocenters. The van der Waals surface area contributed by atoms with E-state index < -0.39 is 0 Å². The van der Waals surface area contributed by atoms with Crippen molar-refractivity contribution in [2.24, 2.45) is 0 Å². The van der Waals surface area contributed by atoms with Crippen LogP contribution in [0.4, 0.5) is 5.95 Å². The maximum absolute atomic E-state index is 5.63. The van der Waals surface area contributed by atoms with Crippen LogP contribution in [0, 0.1) is 0 Å². The van der Waals surface area contributed by atoms with Gasteiger partial charge in [-0.3, -0.25) is 0 Å². The fourth-order valence-corrected chi connectivity index (χ4v) is 1.71. The van der Waals surface area contributed by atoms with Gasteiger partial charge in [0, 0.05) is 12.3 Å². The molecular formula is C15H19N3O. The molecule has 0 bridgehead atoms. The monoisotopic (exact) mass is 257 g/mol. The van der Waals surface area contributed by atoms with Crippen LogP contribution in [0.15, 0.2) is 36.5 Å². The van der Waals surface area contributed by atoms with E-state index in [2.05, 4.69) is 42.9 Å². The molecule has 1 aromatic carbocycles. The van der Waals surface area contributed by atoms with E-state index in [-0.39, 0.29) is 11.4 Å². The summed E-state index contributed by atoms with van der Waals surface area (Å²) in [5.41, 5.74) is 6.98. The molecule has 0 aliphatic carbocycles. The number of ether oxygens (including phenoxy) is 1. The molecule has 2 N–H and O–H groups in total. The second-order valence-corrected chi connectivity index (χ2v) is 5.12. The Balaban J connectivity index is 2.15. The zero-order valence-electron chi connectivity index (χ0n) is 11.6. The average Bonchev–Trinajstić information content (AvgIpc) is 2.39. The summed E-state index contributed by atoms with van der Waals surface area (Å²) in [6.45, 7) is 6.65. The number of hydrogen-bond acceptors (Lipinski definition) is 4. The summed E-state index contributed by atoms with van der Waals surface area (Å²) in [7, 11) is 0. The Kier molecular flexibility index (Phi) is 3.69. The number of nitrogen functional groups attached to an aromatic ring is 1. The van der Waals surface area contributed by atoms with E-state index in [1.54, 1.807) is 12.3 Å². The van der Waals surface area contributed by atoms with Crippen molar-refractivity contribution < 1.29 is 4.74 Å². The highest BCUT2D eigenvalue weighted by Crippen LogP contribution is 2.29. The topological polar surface area (TPSA) is 61.0 Å². The van der Waals surface area contributed by atoms with E-state index in [1.807, 2.05) is 12.1 Å². The summed E-state index contributed by atoms with van der Waals surface area (Å²) in [6.07, 6.45) is 2.67. The van der Waals surface area contributed by atoms with E-state index in [0.717, 1.165) is 12.2 Å². The summed E-state index contributed by atoms with van der Waals surface area (Å²) in [6, 6.07) is 9.75. The van der Waals surface area contributed by atoms with Crippen molar-refractivity contribution in [3.63, 3.8) is 0 Å². The standard InChI is InChI=1S/C15H19N3O/c1-4-15(2,3)11-5-7-12(8-6-11)19-13-9-10-17-14(16)18-13/h5-10H,4H2,1-3H3,(H2,16,17,18). The van der Waals surface area contributed by atoms with Gasteiger partial charge in [-0.15, -0.1) is 0 Å². The minimum Gasteiger partial charge on any atom is -0.439 e. The summed E-state index contributed by atoms with van der Waals surface area (Å²) in [4.78, 5) is 7.83. The van der Waals surface area contributed by atoms with Gasteiger partial charge in [-0.1, -0.05) is 32.9 Å². The first-order valence-corrected chi connectivity index (χ1v) is 6.38. The number of anilines is 1. The van der Waals surface area contributed by atoms with Crippen molar-refractivity contribution in [1.29, 1.82) is 0 Å². The number of rotatable bonds is 4. The molecule has 4 heteroatoms. The van der Waals surface area contributed by atoms with Gasteiger partial charge < -0.3 is 10.5 Å². The second-order valence-electron chi connectivity index (χ2n) is 5.12. The van der Waals surface area contributed by atoms with Crippen molar-refractivity contribution in [1.82, 2.24) is 9.97 Å². The van der Waals surface area contributed by atoms with Crippen LogP contribution in [0.5, 0.6) is 11.6 Å². The number of aromatic nitrogens is 2. The first kappa shape index (κ1) is 13.3. The minimum atomic E-state index is 0.178. The minimum absolute atomic E-state index is 0.178. The van der Waals surface area contributed by atoms with Gasteiger partial charge in [0.2, 0.25) is 11.8 Å². The zero-order valence-corrected chi connectivity index (χ0v) is 11.6. The molecule has 2 rings (SSSR count). The first-order valence-electron chi connectivity index (χ1n) is 6.38. The van der Waals surface area contributed by atoms with Crippen LogP contribution in [0.25, 0.3) is 0 Å². The van der Waals surface area contributed by atoms with E-state index in [1.165, 1.54) is 5.56 Å². The summed E-state index contributed by atoms with van der Waals surface area (Å²) >= 11 is 0. The van der Waals surface area contributed by atoms with Crippen LogP contribution in [-0.4, -0.2) is 9.97 Å². The highest BCUT2D eigenvalue weighted by atomic mass is 16.5. The number of benzene rings is 1. The smallest absolute Gasteiger partial charge is 0.224 e. The lowest BCUT2D eigenvalue weighted by Gasteiger charge is -2.23. The Morgan fingerprint density at radius 2 is 1.84 bits per heavy atom. The molecule has 0 saturated heterocycles. The molecule has 0 aliphatic heterocycles. The predicted octanol–water partition coefficient (Wildman–Crippen LogP) is 3.54. The number of hydrogen-bond donors (Lipinski definition) is 1. The Bertz CT molecular complexity index is 550. The van der Waals surface area contributed by atoms with E-state index in [9.17, 15) is 0 Å². The van der Waals surface area contributed by atoms with Crippen LogP contribution in [0.2, 0.25) is 0 Å². The Hall–Kier alpha value is -2.10. The molecule has 1 aromatic heterocycles. The molecule has 0 saturated carbocycles. The average molecular weight is 257 g/mol. The van der Waals surface area contributed by atoms with E-state index >= 15 is 0 Å². The largest absolute Gasteiger partial charge is 0.439 e. The maximum atomic E-state index is 5.63. The lowest BCUT2D eigenvalue weighted by molar-refractivity contribution is 0.460. The SMILES string of the molecule is CCC(C)(C)c1ccc(Oc2ccnc(N)n2)cc1. The molecule has 0 radical (unpaired) electrons. The third kappa shape index (κ3) is 3.22. The Labute approximate surface area is 113 Å². The normalized spacial score (nSPS) is 11.3. The van der Waals surface area contributed by atoms with Crippen molar-refractivity contribution in [3.05, 3.63) is 42.1 Å². The molecule has 100 valence electrons. The maximum Gasteiger partial charge on any atom is 0.224 e. The highest BCUT2D eigenvalue weighted by Gasteiger charge is 2.17. The van der Waals surface area contributed by atoms with E-state index in [4.69, 9.17) is 10.5 Å². The predicted molar refractivity (Wildman–Crippen MR) is 76.3 cm³/mol. The third-order valence-corrected chi connectivity index (χ3v) is 3.39. The molecule has 1 heterocycles. The van der Waals surface area contributed by atoms with Gasteiger partial charge in [-0.25, -0.2) is 4.98 Å². The van der Waals surface area contributed by atoms with Crippen LogP contribution in [0.1, 0.15) is 32.8 Å². The fraction of sp³-hybridized carbons (Fsp3) is 0.333. The lowest BCUT2D eigenvalue weighted by atomic mass is 9.82. The van der Waals surface area contributed by atoms with Crippen molar-refractivity contribution in [2.45, 2.75) is 32.6 Å². The van der Waals surface area contributed by atoms with Gasteiger partial charge in [-0.05, 0) is 29.5 Å². The summed E-state index contributed by atoms with van der Waals surface area (Å²) in [5, 5.41) is 0. The molecule has 4 nitrogen and oxygen atoms in total. The molecule has 2 aromatic rings. The summed E-state index contributed by atoms with van der Waals surface area (Å²) in [5.74, 6) is 1.41. The van der Waals surface area contributed by atoms with Crippen LogP contribution < -0.4 is 10.5 Å². The van der Waals surface area contributed by atoms with Gasteiger partial charge in [0.15, 0.2) is 0 Å². The van der Waals surface area contributed by atoms with Crippen LogP contribution in [0.3, 0.4) is 0 Å². The molecule has 0 aliphatic rings. The quantitative estimate of drug-likeness (QED) is 0.910. The second kappa shape index (κ2) is 5.26. The molecule has 0 unspecified atom stereocenters. The fourth-order valence-electron chi connectivity index (χ4n) is 1.71. The Morgan fingerprint density at radius 3 is 2.42 bits per heavy atom. The van der Waals surface area contributed by atoms with Gasteiger partial charge in [0.05, 0.1) is 0 Å². The van der Waals surface area contributed by atoms with Crippen LogP contribution in [-0.2, 0) is 5.41 Å². The molecular weight excluding hydrogens is 238 g/mol. The zero-order chi connectivity index (χ0) is 13.9. The lowest BCUT2D eigenvalue weighted by Crippen LogP contribution is -2.14. The van der Waals surface area contributed by atoms with Crippen molar-refractivity contribution in [3.8, 4) is 11.6 Å².